The van der Waals surface area contributed by atoms with Crippen LogP contribution in [0.3, 0.4) is 0 Å². The van der Waals surface area contributed by atoms with Crippen LogP contribution in [0.5, 0.6) is 0 Å². The smallest absolute Gasteiger partial charge is 0.264 e. The Morgan fingerprint density at radius 2 is 1.96 bits per heavy atom. The number of hydrogen-bond donors (Lipinski definition) is 2. The molecule has 1 amide bonds. The molecule has 23 heavy (non-hydrogen) atoms. The molecule has 0 saturated heterocycles. The van der Waals surface area contributed by atoms with Crippen molar-refractivity contribution in [1.82, 2.24) is 9.97 Å². The Morgan fingerprint density at radius 1 is 1.26 bits per heavy atom. The highest BCUT2D eigenvalue weighted by atomic mass is 32.2. The number of anilines is 2. The number of amides is 1. The fraction of sp³-hybridized carbons (Fsp3) is 0.143. The lowest BCUT2D eigenvalue weighted by molar-refractivity contribution is -0.115. The highest BCUT2D eigenvalue weighted by Crippen LogP contribution is 2.16. The van der Waals surface area contributed by atoms with E-state index in [-0.39, 0.29) is 17.3 Å². The minimum absolute atomic E-state index is 0.000822. The summed E-state index contributed by atoms with van der Waals surface area (Å²) in [6.07, 6.45) is 1.18. The lowest BCUT2D eigenvalue weighted by Crippen LogP contribution is -2.15. The Hall–Kier alpha value is -2.99. The first-order chi connectivity index (χ1) is 10.9. The first kappa shape index (κ1) is 16.4. The number of carbonyl (C=O) groups excluding carboxylic acids is 1. The van der Waals surface area contributed by atoms with E-state index in [0.717, 1.165) is 0 Å². The monoisotopic (exact) mass is 331 g/mol. The van der Waals surface area contributed by atoms with Gasteiger partial charge in [0, 0.05) is 17.6 Å². The number of nitrogens with zero attached hydrogens (tertiary/aromatic N) is 3. The molecule has 0 saturated carbocycles. The van der Waals surface area contributed by atoms with Crippen LogP contribution in [0, 0.1) is 18.3 Å². The lowest BCUT2D eigenvalue weighted by atomic mass is 10.3. The van der Waals surface area contributed by atoms with Crippen LogP contribution >= 0.6 is 0 Å². The Labute approximate surface area is 133 Å². The van der Waals surface area contributed by atoms with E-state index in [9.17, 15) is 13.2 Å². The van der Waals surface area contributed by atoms with Crippen LogP contribution < -0.4 is 10.0 Å². The van der Waals surface area contributed by atoms with E-state index in [0.29, 0.717) is 11.4 Å². The molecule has 1 heterocycles. The number of aromatic nitrogens is 2. The fourth-order valence-electron chi connectivity index (χ4n) is 1.67. The zero-order chi connectivity index (χ0) is 16.9. The Balaban J connectivity index is 2.14. The summed E-state index contributed by atoms with van der Waals surface area (Å²) in [4.78, 5) is 19.1. The van der Waals surface area contributed by atoms with E-state index < -0.39 is 15.9 Å². The van der Waals surface area contributed by atoms with Crippen LogP contribution in [0.2, 0.25) is 0 Å². The number of aryl methyl sites for hydroxylation is 1. The van der Waals surface area contributed by atoms with Gasteiger partial charge in [-0.1, -0.05) is 0 Å². The molecule has 0 atom stereocenters. The molecule has 0 aliphatic rings. The molecule has 1 aromatic heterocycles. The minimum Gasteiger partial charge on any atom is -0.325 e. The number of benzene rings is 1. The van der Waals surface area contributed by atoms with Crippen molar-refractivity contribution in [3.63, 3.8) is 0 Å². The van der Waals surface area contributed by atoms with Crippen LogP contribution in [-0.2, 0) is 14.8 Å². The topological polar surface area (TPSA) is 125 Å². The summed E-state index contributed by atoms with van der Waals surface area (Å²) in [5.41, 5.74) is 1.03. The van der Waals surface area contributed by atoms with Crippen LogP contribution in [0.25, 0.3) is 0 Å². The summed E-state index contributed by atoms with van der Waals surface area (Å²) in [5, 5.41) is 10.9. The van der Waals surface area contributed by atoms with Crippen LogP contribution in [0.1, 0.15) is 12.1 Å². The molecule has 0 bridgehead atoms. The second-order valence-corrected chi connectivity index (χ2v) is 6.22. The van der Waals surface area contributed by atoms with Crippen molar-refractivity contribution < 1.29 is 13.2 Å². The first-order valence-corrected chi connectivity index (χ1v) is 7.98. The molecule has 118 valence electrons. The third kappa shape index (κ3) is 4.49. The number of nitrogens with one attached hydrogen (secondary N) is 2. The van der Waals surface area contributed by atoms with Gasteiger partial charge in [0.25, 0.3) is 10.0 Å². The van der Waals surface area contributed by atoms with E-state index >= 15 is 0 Å². The SMILES string of the molecule is Cc1ccnc(NS(=O)(=O)c2ccc(NC(=O)CC#N)cc2)n1. The zero-order valence-electron chi connectivity index (χ0n) is 12.1. The summed E-state index contributed by atoms with van der Waals surface area (Å²) in [6, 6.07) is 8.90. The summed E-state index contributed by atoms with van der Waals surface area (Å²) >= 11 is 0. The molecular formula is C14H13N5O3S. The van der Waals surface area contributed by atoms with Gasteiger partial charge in [-0.25, -0.2) is 23.1 Å². The van der Waals surface area contributed by atoms with Crippen molar-refractivity contribution in [3.8, 4) is 6.07 Å². The molecular weight excluding hydrogens is 318 g/mol. The molecule has 1 aromatic carbocycles. The van der Waals surface area contributed by atoms with Gasteiger partial charge in [0.15, 0.2) is 0 Å². The highest BCUT2D eigenvalue weighted by Gasteiger charge is 2.15. The van der Waals surface area contributed by atoms with Gasteiger partial charge in [0.2, 0.25) is 11.9 Å². The van der Waals surface area contributed by atoms with E-state index in [1.54, 1.807) is 19.1 Å². The third-order valence-electron chi connectivity index (χ3n) is 2.71. The Morgan fingerprint density at radius 3 is 2.57 bits per heavy atom. The minimum atomic E-state index is -3.83. The van der Waals surface area contributed by atoms with E-state index in [2.05, 4.69) is 20.0 Å². The third-order valence-corrected chi connectivity index (χ3v) is 4.05. The molecule has 0 fully saturated rings. The summed E-state index contributed by atoms with van der Waals surface area (Å²) in [5.74, 6) is -0.481. The number of carbonyl (C=O) groups is 1. The average molecular weight is 331 g/mol. The summed E-state index contributed by atoms with van der Waals surface area (Å²) in [7, 11) is -3.83. The maximum absolute atomic E-state index is 12.2. The number of rotatable bonds is 5. The van der Waals surface area contributed by atoms with Gasteiger partial charge >= 0.3 is 0 Å². The van der Waals surface area contributed by atoms with Gasteiger partial charge in [-0.3, -0.25) is 4.79 Å². The largest absolute Gasteiger partial charge is 0.325 e. The second kappa shape index (κ2) is 6.85. The fourth-order valence-corrected chi connectivity index (χ4v) is 2.62. The molecule has 2 aromatic rings. The van der Waals surface area contributed by atoms with Crippen molar-refractivity contribution in [2.45, 2.75) is 18.2 Å². The molecule has 0 radical (unpaired) electrons. The molecule has 0 aliphatic carbocycles. The van der Waals surface area contributed by atoms with Gasteiger partial charge in [-0.05, 0) is 37.3 Å². The molecule has 2 N–H and O–H groups in total. The molecule has 2 rings (SSSR count). The summed E-state index contributed by atoms with van der Waals surface area (Å²) < 4.78 is 26.7. The number of nitriles is 1. The van der Waals surface area contributed by atoms with Crippen molar-refractivity contribution in [3.05, 3.63) is 42.2 Å². The quantitative estimate of drug-likeness (QED) is 0.854. The molecule has 0 aliphatic heterocycles. The second-order valence-electron chi connectivity index (χ2n) is 4.53. The van der Waals surface area contributed by atoms with Crippen LogP contribution in [0.15, 0.2) is 41.4 Å². The van der Waals surface area contributed by atoms with Gasteiger partial charge < -0.3 is 5.32 Å². The number of sulfonamides is 1. The van der Waals surface area contributed by atoms with Crippen LogP contribution in [-0.4, -0.2) is 24.3 Å². The van der Waals surface area contributed by atoms with Gasteiger partial charge in [-0.15, -0.1) is 0 Å². The van der Waals surface area contributed by atoms with Crippen LogP contribution in [0.4, 0.5) is 11.6 Å². The molecule has 8 nitrogen and oxygen atoms in total. The van der Waals surface area contributed by atoms with Gasteiger partial charge in [0.1, 0.15) is 6.42 Å². The number of hydrogen-bond acceptors (Lipinski definition) is 6. The van der Waals surface area contributed by atoms with Crippen molar-refractivity contribution in [1.29, 1.82) is 5.26 Å². The average Bonchev–Trinajstić information content (AvgIpc) is 2.47. The highest BCUT2D eigenvalue weighted by molar-refractivity contribution is 7.92. The Kier molecular flexibility index (Phi) is 4.88. The van der Waals surface area contributed by atoms with E-state index in [1.807, 2.05) is 0 Å². The normalized spacial score (nSPS) is 10.6. The van der Waals surface area contributed by atoms with Crippen molar-refractivity contribution >= 4 is 27.6 Å². The first-order valence-electron chi connectivity index (χ1n) is 6.50. The van der Waals surface area contributed by atoms with Crippen molar-refractivity contribution in [2.24, 2.45) is 0 Å². The van der Waals surface area contributed by atoms with E-state index in [4.69, 9.17) is 5.26 Å². The van der Waals surface area contributed by atoms with E-state index in [1.165, 1.54) is 30.5 Å². The van der Waals surface area contributed by atoms with Gasteiger partial charge in [-0.2, -0.15) is 5.26 Å². The maximum atomic E-state index is 12.2. The predicted octanol–water partition coefficient (Wildman–Crippen LogP) is 1.44. The molecule has 0 spiro atoms. The predicted molar refractivity (Wildman–Crippen MR) is 82.9 cm³/mol. The summed E-state index contributed by atoms with van der Waals surface area (Å²) in [6.45, 7) is 1.72. The standard InChI is InChI=1S/C14H13N5O3S/c1-10-7-9-16-14(17-10)19-23(21,22)12-4-2-11(3-5-12)18-13(20)6-8-15/h2-5,7,9H,6H2,1H3,(H,18,20)(H,16,17,19). The van der Waals surface area contributed by atoms with Gasteiger partial charge in [0.05, 0.1) is 11.0 Å². The maximum Gasteiger partial charge on any atom is 0.264 e. The molecule has 0 unspecified atom stereocenters. The Bertz CT molecular complexity index is 857. The lowest BCUT2D eigenvalue weighted by Gasteiger charge is -2.08. The van der Waals surface area contributed by atoms with Crippen molar-refractivity contribution in [2.75, 3.05) is 10.0 Å². The zero-order valence-corrected chi connectivity index (χ0v) is 13.0. The molecule has 9 heteroatoms.